The van der Waals surface area contributed by atoms with Crippen LogP contribution in [0.25, 0.3) is 0 Å². The number of halogens is 2. The maximum Gasteiger partial charge on any atom is 0.148 e. The molecule has 0 amide bonds. The van der Waals surface area contributed by atoms with E-state index in [0.29, 0.717) is 12.4 Å². The van der Waals surface area contributed by atoms with Gasteiger partial charge in [-0.3, -0.25) is 0 Å². The van der Waals surface area contributed by atoms with E-state index in [-0.39, 0.29) is 5.56 Å². The number of hydrogen-bond donors (Lipinski definition) is 1. The van der Waals surface area contributed by atoms with Crippen LogP contribution in [-0.2, 0) is 0 Å². The zero-order valence-corrected chi connectivity index (χ0v) is 13.5. The average molecular weight is 324 g/mol. The first-order valence-corrected chi connectivity index (χ1v) is 7.97. The van der Waals surface area contributed by atoms with Crippen LogP contribution in [0.15, 0.2) is 35.4 Å². The lowest BCUT2D eigenvalue weighted by molar-refractivity contribution is 0.295. The maximum atomic E-state index is 14.0. The fourth-order valence-electron chi connectivity index (χ4n) is 2.10. The van der Waals surface area contributed by atoms with Crippen molar-refractivity contribution in [2.75, 3.05) is 32.2 Å². The van der Waals surface area contributed by atoms with E-state index in [2.05, 4.69) is 15.5 Å². The van der Waals surface area contributed by atoms with Crippen molar-refractivity contribution in [3.63, 3.8) is 0 Å². The Morgan fingerprint density at radius 3 is 2.32 bits per heavy atom. The van der Waals surface area contributed by atoms with Gasteiger partial charge in [0, 0.05) is 12.1 Å². The molecule has 0 fully saturated rings. The molecule has 1 heterocycles. The second kappa shape index (κ2) is 7.51. The Kier molecular flexibility index (Phi) is 5.68. The number of likely N-dealkylation sites (N-methyl/N-ethyl adjacent to an activating group) is 1. The SMILES string of the molecule is CSc1ccc(NCC(c2c(F)cccc2F)N(C)C)nn1. The van der Waals surface area contributed by atoms with Crippen molar-refractivity contribution in [3.8, 4) is 0 Å². The van der Waals surface area contributed by atoms with Gasteiger partial charge in [-0.05, 0) is 44.6 Å². The van der Waals surface area contributed by atoms with E-state index >= 15 is 0 Å². The third-order valence-corrected chi connectivity index (χ3v) is 3.92. The first kappa shape index (κ1) is 16.6. The lowest BCUT2D eigenvalue weighted by Gasteiger charge is -2.26. The Morgan fingerprint density at radius 1 is 1.14 bits per heavy atom. The van der Waals surface area contributed by atoms with Gasteiger partial charge in [0.25, 0.3) is 0 Å². The Balaban J connectivity index is 2.15. The normalized spacial score (nSPS) is 12.5. The highest BCUT2D eigenvalue weighted by Gasteiger charge is 2.22. The molecule has 4 nitrogen and oxygen atoms in total. The summed E-state index contributed by atoms with van der Waals surface area (Å²) in [5.41, 5.74) is 0.0497. The van der Waals surface area contributed by atoms with Crippen molar-refractivity contribution in [1.29, 1.82) is 0 Å². The highest BCUT2D eigenvalue weighted by atomic mass is 32.2. The van der Waals surface area contributed by atoms with Crippen LogP contribution < -0.4 is 5.32 Å². The van der Waals surface area contributed by atoms with E-state index in [9.17, 15) is 8.78 Å². The molecular formula is C15H18F2N4S. The van der Waals surface area contributed by atoms with E-state index in [1.807, 2.05) is 12.3 Å². The molecule has 1 N–H and O–H groups in total. The van der Waals surface area contributed by atoms with Gasteiger partial charge in [-0.2, -0.15) is 0 Å². The molecule has 0 bridgehead atoms. The summed E-state index contributed by atoms with van der Waals surface area (Å²) in [6, 6.07) is 7.07. The third-order valence-electron chi connectivity index (χ3n) is 3.28. The van der Waals surface area contributed by atoms with Crippen molar-refractivity contribution < 1.29 is 8.78 Å². The Labute approximate surface area is 132 Å². The molecule has 1 aromatic heterocycles. The van der Waals surface area contributed by atoms with Crippen molar-refractivity contribution in [2.24, 2.45) is 0 Å². The van der Waals surface area contributed by atoms with Gasteiger partial charge in [-0.15, -0.1) is 22.0 Å². The van der Waals surface area contributed by atoms with Crippen molar-refractivity contribution in [3.05, 3.63) is 47.5 Å². The molecule has 22 heavy (non-hydrogen) atoms. The van der Waals surface area contributed by atoms with E-state index < -0.39 is 17.7 Å². The van der Waals surface area contributed by atoms with Gasteiger partial charge in [-0.25, -0.2) is 8.78 Å². The topological polar surface area (TPSA) is 41.0 Å². The number of anilines is 1. The Hall–Kier alpha value is -1.73. The van der Waals surface area contributed by atoms with E-state index in [4.69, 9.17) is 0 Å². The minimum Gasteiger partial charge on any atom is -0.367 e. The summed E-state index contributed by atoms with van der Waals surface area (Å²) in [5.74, 6) is -0.532. The molecular weight excluding hydrogens is 306 g/mol. The van der Waals surface area contributed by atoms with Gasteiger partial charge < -0.3 is 10.2 Å². The number of benzene rings is 1. The number of thioether (sulfide) groups is 1. The number of rotatable bonds is 6. The first-order chi connectivity index (χ1) is 10.5. The van der Waals surface area contributed by atoms with Gasteiger partial charge in [0.2, 0.25) is 0 Å². The fraction of sp³-hybridized carbons (Fsp3) is 0.333. The number of nitrogens with zero attached hydrogens (tertiary/aromatic N) is 3. The van der Waals surface area contributed by atoms with Crippen molar-refractivity contribution in [1.82, 2.24) is 15.1 Å². The molecule has 118 valence electrons. The summed E-state index contributed by atoms with van der Waals surface area (Å²) in [5, 5.41) is 11.9. The zero-order valence-electron chi connectivity index (χ0n) is 12.7. The second-order valence-corrected chi connectivity index (χ2v) is 5.78. The van der Waals surface area contributed by atoms with Gasteiger partial charge in [-0.1, -0.05) is 6.07 Å². The molecule has 0 saturated carbocycles. The largest absolute Gasteiger partial charge is 0.367 e. The summed E-state index contributed by atoms with van der Waals surface area (Å²) in [6.45, 7) is 0.318. The van der Waals surface area contributed by atoms with Gasteiger partial charge in [0.05, 0.1) is 6.04 Å². The van der Waals surface area contributed by atoms with Crippen LogP contribution >= 0.6 is 11.8 Å². The quantitative estimate of drug-likeness (QED) is 0.827. The first-order valence-electron chi connectivity index (χ1n) is 6.75. The molecule has 1 unspecified atom stereocenters. The minimum atomic E-state index is -0.552. The predicted molar refractivity (Wildman–Crippen MR) is 85.1 cm³/mol. The van der Waals surface area contributed by atoms with Gasteiger partial charge in [0.1, 0.15) is 22.5 Å². The predicted octanol–water partition coefficient (Wildman–Crippen LogP) is 3.19. The summed E-state index contributed by atoms with van der Waals surface area (Å²) < 4.78 is 27.9. The molecule has 1 atom stereocenters. The molecule has 1 aromatic carbocycles. The third kappa shape index (κ3) is 3.92. The van der Waals surface area contributed by atoms with E-state index in [0.717, 1.165) is 5.03 Å². The number of nitrogens with one attached hydrogen (secondary N) is 1. The van der Waals surface area contributed by atoms with Crippen LogP contribution in [0.2, 0.25) is 0 Å². The van der Waals surface area contributed by atoms with Crippen LogP contribution in [0.3, 0.4) is 0 Å². The molecule has 0 aliphatic rings. The molecule has 2 rings (SSSR count). The zero-order chi connectivity index (χ0) is 16.1. The number of aromatic nitrogens is 2. The highest BCUT2D eigenvalue weighted by molar-refractivity contribution is 7.98. The van der Waals surface area contributed by atoms with E-state index in [1.54, 1.807) is 25.1 Å². The molecule has 0 aliphatic heterocycles. The average Bonchev–Trinajstić information content (AvgIpc) is 2.50. The second-order valence-electron chi connectivity index (χ2n) is 4.96. The van der Waals surface area contributed by atoms with Crippen LogP contribution in [0.5, 0.6) is 0 Å². The lowest BCUT2D eigenvalue weighted by Crippen LogP contribution is -2.28. The number of hydrogen-bond acceptors (Lipinski definition) is 5. The molecule has 0 aliphatic carbocycles. The molecule has 0 spiro atoms. The van der Waals surface area contributed by atoms with Crippen molar-refractivity contribution in [2.45, 2.75) is 11.1 Å². The maximum absolute atomic E-state index is 14.0. The Bertz CT molecular complexity index is 599. The summed E-state index contributed by atoms with van der Waals surface area (Å²) in [7, 11) is 3.56. The fourth-order valence-corrected chi connectivity index (χ4v) is 2.42. The van der Waals surface area contributed by atoms with Crippen LogP contribution in [-0.4, -0.2) is 42.0 Å². The lowest BCUT2D eigenvalue weighted by atomic mass is 10.0. The Morgan fingerprint density at radius 2 is 1.82 bits per heavy atom. The molecule has 2 aromatic rings. The molecule has 0 saturated heterocycles. The smallest absolute Gasteiger partial charge is 0.148 e. The molecule has 7 heteroatoms. The summed E-state index contributed by atoms with van der Waals surface area (Å²) >= 11 is 1.50. The standard InChI is InChI=1S/C15H18F2N4S/c1-21(2)12(15-10(16)5-4-6-11(15)17)9-18-13-7-8-14(22-3)20-19-13/h4-8,12H,9H2,1-3H3,(H,18,19). The van der Waals surface area contributed by atoms with Crippen molar-refractivity contribution >= 4 is 17.6 Å². The van der Waals surface area contributed by atoms with E-state index in [1.165, 1.54) is 30.0 Å². The monoisotopic (exact) mass is 324 g/mol. The van der Waals surface area contributed by atoms with Crippen LogP contribution in [0.1, 0.15) is 11.6 Å². The van der Waals surface area contributed by atoms with Gasteiger partial charge >= 0.3 is 0 Å². The highest BCUT2D eigenvalue weighted by Crippen LogP contribution is 2.24. The summed E-state index contributed by atoms with van der Waals surface area (Å²) in [4.78, 5) is 1.76. The minimum absolute atomic E-state index is 0.0497. The van der Waals surface area contributed by atoms with Gasteiger partial charge in [0.15, 0.2) is 0 Å². The molecule has 0 radical (unpaired) electrons. The van der Waals surface area contributed by atoms with Crippen LogP contribution in [0, 0.1) is 11.6 Å². The van der Waals surface area contributed by atoms with Crippen LogP contribution in [0.4, 0.5) is 14.6 Å². The summed E-state index contributed by atoms with van der Waals surface area (Å²) in [6.07, 6.45) is 1.92.